The number of hydrogen-bond acceptors (Lipinski definition) is 5. The highest BCUT2D eigenvalue weighted by atomic mass is 32.2. The highest BCUT2D eigenvalue weighted by Crippen LogP contribution is 2.28. The number of sulfone groups is 1. The van der Waals surface area contributed by atoms with Crippen LogP contribution >= 0.6 is 11.3 Å². The van der Waals surface area contributed by atoms with Crippen molar-refractivity contribution in [3.05, 3.63) is 21.3 Å². The second-order valence-corrected chi connectivity index (χ2v) is 6.91. The van der Waals surface area contributed by atoms with Crippen molar-refractivity contribution in [2.45, 2.75) is 17.8 Å². The van der Waals surface area contributed by atoms with Crippen LogP contribution in [0.2, 0.25) is 0 Å². The van der Waals surface area contributed by atoms with E-state index in [1.54, 1.807) is 0 Å². The van der Waals surface area contributed by atoms with Gasteiger partial charge in [0.25, 0.3) is 5.56 Å². The van der Waals surface area contributed by atoms with Gasteiger partial charge in [-0.25, -0.2) is 13.4 Å². The van der Waals surface area contributed by atoms with Crippen LogP contribution in [0.25, 0.3) is 10.2 Å². The lowest BCUT2D eigenvalue weighted by Gasteiger charge is -2.01. The van der Waals surface area contributed by atoms with E-state index in [2.05, 4.69) is 4.98 Å². The molecule has 104 valence electrons. The first-order valence-corrected chi connectivity index (χ1v) is 7.56. The molecule has 0 saturated heterocycles. The fraction of sp³-hybridized carbons (Fsp3) is 0.333. The summed E-state index contributed by atoms with van der Waals surface area (Å²) in [6.45, 7) is 0. The number of hydrogen-bond donors (Lipinski definition) is 1. The zero-order valence-corrected chi connectivity index (χ0v) is 11.0. The molecule has 0 saturated carbocycles. The number of halogens is 3. The largest absolute Gasteiger partial charge is 0.393 e. The Hall–Kier alpha value is -1.42. The lowest BCUT2D eigenvalue weighted by molar-refractivity contribution is -0.126. The van der Waals surface area contributed by atoms with Crippen molar-refractivity contribution in [3.8, 4) is 0 Å². The third kappa shape index (κ3) is 3.13. The van der Waals surface area contributed by atoms with Crippen LogP contribution in [-0.4, -0.2) is 30.8 Å². The van der Waals surface area contributed by atoms with Crippen LogP contribution in [-0.2, 0) is 16.3 Å². The molecule has 0 aliphatic rings. The van der Waals surface area contributed by atoms with Crippen molar-refractivity contribution < 1.29 is 21.6 Å². The second kappa shape index (κ2) is 4.30. The first-order chi connectivity index (χ1) is 8.56. The van der Waals surface area contributed by atoms with Crippen molar-refractivity contribution in [2.24, 2.45) is 0 Å². The highest BCUT2D eigenvalue weighted by Gasteiger charge is 2.29. The van der Waals surface area contributed by atoms with Gasteiger partial charge < -0.3 is 0 Å². The lowest BCUT2D eigenvalue weighted by Crippen LogP contribution is -2.14. The Morgan fingerprint density at radius 1 is 1.42 bits per heavy atom. The average Bonchev–Trinajstić information content (AvgIpc) is 2.56. The number of fused-ring (bicyclic) bond motifs is 1. The van der Waals surface area contributed by atoms with E-state index in [9.17, 15) is 26.4 Å². The van der Waals surface area contributed by atoms with E-state index in [1.165, 1.54) is 0 Å². The first kappa shape index (κ1) is 14.0. The highest BCUT2D eigenvalue weighted by molar-refractivity contribution is 7.90. The van der Waals surface area contributed by atoms with Gasteiger partial charge in [-0.05, 0) is 6.07 Å². The summed E-state index contributed by atoms with van der Waals surface area (Å²) in [7, 11) is -3.72. The molecule has 2 heterocycles. The fourth-order valence-corrected chi connectivity index (χ4v) is 3.07. The van der Waals surface area contributed by atoms with Gasteiger partial charge in [-0.15, -0.1) is 11.3 Å². The molecule has 0 fully saturated rings. The fourth-order valence-electron chi connectivity index (χ4n) is 1.42. The van der Waals surface area contributed by atoms with Crippen LogP contribution < -0.4 is 5.56 Å². The maximum absolute atomic E-state index is 12.2. The summed E-state index contributed by atoms with van der Waals surface area (Å²) in [6, 6.07) is 1.07. The Labute approximate surface area is 109 Å². The molecule has 5 nitrogen and oxygen atoms in total. The molecule has 2 aromatic heterocycles. The van der Waals surface area contributed by atoms with Gasteiger partial charge in [-0.3, -0.25) is 9.78 Å². The molecule has 1 N–H and O–H groups in total. The number of nitrogens with zero attached hydrogens (tertiary/aromatic N) is 1. The molecule has 0 radical (unpaired) electrons. The zero-order chi connectivity index (χ0) is 14.4. The SMILES string of the molecule is CS(=O)(=O)c1nc2sc(CC(F)(F)F)cc2c(=O)[nH]1. The predicted molar refractivity (Wildman–Crippen MR) is 63.1 cm³/mol. The molecule has 0 amide bonds. The number of aromatic amines is 1. The molecule has 2 rings (SSSR count). The Bertz CT molecular complexity index is 789. The Morgan fingerprint density at radius 2 is 2.05 bits per heavy atom. The van der Waals surface area contributed by atoms with Crippen LogP contribution in [0.1, 0.15) is 4.88 Å². The number of rotatable bonds is 2. The van der Waals surface area contributed by atoms with Gasteiger partial charge in [0.05, 0.1) is 11.8 Å². The maximum atomic E-state index is 12.2. The minimum Gasteiger partial charge on any atom is -0.297 e. The molecule has 0 aliphatic carbocycles. The summed E-state index contributed by atoms with van der Waals surface area (Å²) >= 11 is 0.653. The van der Waals surface area contributed by atoms with Crippen molar-refractivity contribution >= 4 is 31.4 Å². The lowest BCUT2D eigenvalue weighted by atomic mass is 10.3. The van der Waals surface area contributed by atoms with Gasteiger partial charge in [0.2, 0.25) is 15.0 Å². The number of nitrogens with one attached hydrogen (secondary N) is 1. The summed E-state index contributed by atoms with van der Waals surface area (Å²) in [5.41, 5.74) is -0.768. The molecular weight excluding hydrogens is 305 g/mol. The van der Waals surface area contributed by atoms with E-state index in [1.807, 2.05) is 4.98 Å². The Balaban J connectivity index is 2.61. The Kier molecular flexibility index (Phi) is 3.17. The van der Waals surface area contributed by atoms with Crippen molar-refractivity contribution in [2.75, 3.05) is 6.26 Å². The average molecular weight is 312 g/mol. The molecule has 2 aromatic rings. The first-order valence-electron chi connectivity index (χ1n) is 4.86. The molecular formula is C9H7F3N2O3S2. The topological polar surface area (TPSA) is 79.9 Å². The van der Waals surface area contributed by atoms with Gasteiger partial charge in [-0.2, -0.15) is 13.2 Å². The third-order valence-corrected chi connectivity index (χ3v) is 4.08. The molecule has 10 heteroatoms. The van der Waals surface area contributed by atoms with Crippen LogP contribution in [0.15, 0.2) is 16.0 Å². The van der Waals surface area contributed by atoms with Crippen LogP contribution in [0.5, 0.6) is 0 Å². The number of thiophene rings is 1. The Morgan fingerprint density at radius 3 is 2.58 bits per heavy atom. The zero-order valence-electron chi connectivity index (χ0n) is 9.41. The van der Waals surface area contributed by atoms with Gasteiger partial charge in [-0.1, -0.05) is 0 Å². The number of aromatic nitrogens is 2. The molecule has 0 aliphatic heterocycles. The standard InChI is InChI=1S/C9H7F3N2O3S2/c1-19(16,17)8-13-6(15)5-2-4(3-9(10,11)12)18-7(5)14-8/h2H,3H2,1H3,(H,13,14,15). The summed E-state index contributed by atoms with van der Waals surface area (Å²) in [4.78, 5) is 17.2. The molecule has 0 unspecified atom stereocenters. The molecule has 0 bridgehead atoms. The summed E-state index contributed by atoms with van der Waals surface area (Å²) in [5.74, 6) is 0. The third-order valence-electron chi connectivity index (χ3n) is 2.16. The van der Waals surface area contributed by atoms with E-state index in [0.29, 0.717) is 11.3 Å². The molecule has 0 atom stereocenters. The van der Waals surface area contributed by atoms with E-state index >= 15 is 0 Å². The van der Waals surface area contributed by atoms with E-state index in [-0.39, 0.29) is 15.1 Å². The van der Waals surface area contributed by atoms with Crippen LogP contribution in [0.4, 0.5) is 13.2 Å². The molecule has 0 aromatic carbocycles. The van der Waals surface area contributed by atoms with E-state index < -0.39 is 33.2 Å². The predicted octanol–water partition coefficient (Wildman–Crippen LogP) is 1.49. The van der Waals surface area contributed by atoms with Gasteiger partial charge in [0.1, 0.15) is 4.83 Å². The summed E-state index contributed by atoms with van der Waals surface area (Å²) in [6.07, 6.45) is -4.73. The normalized spacial score (nSPS) is 13.1. The smallest absolute Gasteiger partial charge is 0.297 e. The van der Waals surface area contributed by atoms with Crippen molar-refractivity contribution in [1.82, 2.24) is 9.97 Å². The molecule has 0 spiro atoms. The maximum Gasteiger partial charge on any atom is 0.393 e. The minimum atomic E-state index is -4.40. The summed E-state index contributed by atoms with van der Waals surface area (Å²) in [5, 5.41) is -0.595. The van der Waals surface area contributed by atoms with Crippen LogP contribution in [0.3, 0.4) is 0 Å². The molecule has 19 heavy (non-hydrogen) atoms. The van der Waals surface area contributed by atoms with E-state index in [0.717, 1.165) is 12.3 Å². The van der Waals surface area contributed by atoms with Crippen LogP contribution in [0, 0.1) is 0 Å². The quantitative estimate of drug-likeness (QED) is 0.852. The van der Waals surface area contributed by atoms with Crippen molar-refractivity contribution in [1.29, 1.82) is 0 Å². The van der Waals surface area contributed by atoms with E-state index in [4.69, 9.17) is 0 Å². The number of alkyl halides is 3. The number of H-pyrrole nitrogens is 1. The van der Waals surface area contributed by atoms with Gasteiger partial charge >= 0.3 is 6.18 Å². The minimum absolute atomic E-state index is 0.0246. The second-order valence-electron chi connectivity index (χ2n) is 3.87. The monoisotopic (exact) mass is 312 g/mol. The van der Waals surface area contributed by atoms with Crippen molar-refractivity contribution in [3.63, 3.8) is 0 Å². The van der Waals surface area contributed by atoms with Gasteiger partial charge in [0.15, 0.2) is 0 Å². The van der Waals surface area contributed by atoms with Gasteiger partial charge in [0, 0.05) is 11.1 Å². The summed E-state index contributed by atoms with van der Waals surface area (Å²) < 4.78 is 59.2.